The number of aromatic nitrogens is 3. The first kappa shape index (κ1) is 14.4. The molecule has 120 valence electrons. The van der Waals surface area contributed by atoms with Crippen molar-refractivity contribution >= 4 is 11.6 Å². The normalized spacial score (nSPS) is 23.0. The van der Waals surface area contributed by atoms with Crippen LogP contribution in [0.3, 0.4) is 0 Å². The number of carbonyl (C=O) groups is 1. The molecule has 1 N–H and O–H groups in total. The highest BCUT2D eigenvalue weighted by Crippen LogP contribution is 2.38. The molecule has 1 amide bonds. The molecule has 1 aromatic carbocycles. The fourth-order valence-electron chi connectivity index (χ4n) is 3.36. The second kappa shape index (κ2) is 5.80. The number of hydrogen-bond donors (Lipinski definition) is 1. The maximum Gasteiger partial charge on any atom is 0.227 e. The quantitative estimate of drug-likeness (QED) is 0.946. The summed E-state index contributed by atoms with van der Waals surface area (Å²) < 4.78 is 2.23. The van der Waals surface area contributed by atoms with Crippen molar-refractivity contribution in [1.29, 1.82) is 0 Å². The monoisotopic (exact) mass is 310 g/mol. The minimum absolute atomic E-state index is 0.134. The molecule has 2 aromatic rings. The molecule has 0 spiro atoms. The minimum atomic E-state index is 0.134. The summed E-state index contributed by atoms with van der Waals surface area (Å²) in [6.07, 6.45) is 5.62. The van der Waals surface area contributed by atoms with Crippen molar-refractivity contribution in [2.75, 3.05) is 5.32 Å². The Morgan fingerprint density at radius 3 is 2.96 bits per heavy atom. The van der Waals surface area contributed by atoms with Crippen molar-refractivity contribution in [3.8, 4) is 11.4 Å². The molecule has 1 aliphatic heterocycles. The Kier molecular flexibility index (Phi) is 3.63. The van der Waals surface area contributed by atoms with E-state index < -0.39 is 0 Å². The standard InChI is InChI=1S/C18H22N4O/c1-12-10-15(12)18(23)19-14-7-5-6-13(11-14)17-21-20-16-8-3-2-4-9-22(16)17/h5-7,11-12,15H,2-4,8-10H2,1H3,(H,19,23). The van der Waals surface area contributed by atoms with Crippen molar-refractivity contribution < 1.29 is 4.79 Å². The van der Waals surface area contributed by atoms with Crippen LogP contribution < -0.4 is 5.32 Å². The molecule has 2 heterocycles. The average Bonchev–Trinajstić information content (AvgIpc) is 3.23. The van der Waals surface area contributed by atoms with Gasteiger partial charge in [-0.15, -0.1) is 10.2 Å². The zero-order valence-electron chi connectivity index (χ0n) is 13.5. The Hall–Kier alpha value is -2.17. The summed E-state index contributed by atoms with van der Waals surface area (Å²) in [7, 11) is 0. The molecule has 1 saturated carbocycles. The maximum atomic E-state index is 12.1. The van der Waals surface area contributed by atoms with Gasteiger partial charge in [-0.2, -0.15) is 0 Å². The third-order valence-electron chi connectivity index (χ3n) is 4.94. The molecule has 4 rings (SSSR count). The van der Waals surface area contributed by atoms with Crippen LogP contribution in [0, 0.1) is 11.8 Å². The summed E-state index contributed by atoms with van der Waals surface area (Å²) in [5.74, 6) is 2.83. The molecule has 5 heteroatoms. The smallest absolute Gasteiger partial charge is 0.227 e. The molecule has 1 fully saturated rings. The lowest BCUT2D eigenvalue weighted by atomic mass is 10.1. The third kappa shape index (κ3) is 2.87. The molecule has 2 aliphatic rings. The molecule has 23 heavy (non-hydrogen) atoms. The molecule has 0 radical (unpaired) electrons. The lowest BCUT2D eigenvalue weighted by molar-refractivity contribution is -0.117. The topological polar surface area (TPSA) is 59.8 Å². The summed E-state index contributed by atoms with van der Waals surface area (Å²) in [5.41, 5.74) is 1.87. The molecule has 0 saturated heterocycles. The van der Waals surface area contributed by atoms with E-state index in [1.807, 2.05) is 24.3 Å². The van der Waals surface area contributed by atoms with Crippen LogP contribution >= 0.6 is 0 Å². The highest BCUT2D eigenvalue weighted by atomic mass is 16.2. The third-order valence-corrected chi connectivity index (χ3v) is 4.94. The number of hydrogen-bond acceptors (Lipinski definition) is 3. The van der Waals surface area contributed by atoms with Crippen molar-refractivity contribution in [1.82, 2.24) is 14.8 Å². The van der Waals surface area contributed by atoms with E-state index in [9.17, 15) is 4.79 Å². The molecule has 2 atom stereocenters. The highest BCUT2D eigenvalue weighted by molar-refractivity contribution is 5.94. The average molecular weight is 310 g/mol. The van der Waals surface area contributed by atoms with Crippen LogP contribution in [0.2, 0.25) is 0 Å². The van der Waals surface area contributed by atoms with E-state index in [2.05, 4.69) is 27.0 Å². The van der Waals surface area contributed by atoms with Crippen molar-refractivity contribution in [3.05, 3.63) is 30.1 Å². The van der Waals surface area contributed by atoms with Crippen molar-refractivity contribution in [3.63, 3.8) is 0 Å². The second-order valence-corrected chi connectivity index (χ2v) is 6.79. The van der Waals surface area contributed by atoms with Gasteiger partial charge in [0.05, 0.1) is 0 Å². The van der Waals surface area contributed by atoms with E-state index in [0.717, 1.165) is 42.3 Å². The van der Waals surface area contributed by atoms with Crippen LogP contribution in [0.1, 0.15) is 38.4 Å². The Morgan fingerprint density at radius 1 is 1.26 bits per heavy atom. The van der Waals surface area contributed by atoms with Crippen molar-refractivity contribution in [2.24, 2.45) is 11.8 Å². The van der Waals surface area contributed by atoms with Gasteiger partial charge in [-0.05, 0) is 37.3 Å². The molecule has 2 unspecified atom stereocenters. The van der Waals surface area contributed by atoms with Gasteiger partial charge in [-0.3, -0.25) is 4.79 Å². The van der Waals surface area contributed by atoms with Crippen LogP contribution in [0.25, 0.3) is 11.4 Å². The molecule has 0 bridgehead atoms. The Labute approximate surface area is 136 Å². The van der Waals surface area contributed by atoms with Crippen LogP contribution in [0.4, 0.5) is 5.69 Å². The zero-order valence-corrected chi connectivity index (χ0v) is 13.5. The fourth-order valence-corrected chi connectivity index (χ4v) is 3.36. The SMILES string of the molecule is CC1CC1C(=O)Nc1cccc(-c2nnc3n2CCCCC3)c1. The summed E-state index contributed by atoms with van der Waals surface area (Å²) in [4.78, 5) is 12.1. The number of aryl methyl sites for hydroxylation is 1. The van der Waals surface area contributed by atoms with Gasteiger partial charge in [-0.1, -0.05) is 25.5 Å². The van der Waals surface area contributed by atoms with Gasteiger partial charge in [0.1, 0.15) is 5.82 Å². The number of nitrogens with one attached hydrogen (secondary N) is 1. The van der Waals surface area contributed by atoms with Gasteiger partial charge < -0.3 is 9.88 Å². The van der Waals surface area contributed by atoms with E-state index in [0.29, 0.717) is 5.92 Å². The van der Waals surface area contributed by atoms with Crippen LogP contribution in [-0.2, 0) is 17.8 Å². The number of fused-ring (bicyclic) bond motifs is 1. The van der Waals surface area contributed by atoms with Gasteiger partial charge >= 0.3 is 0 Å². The molecule has 1 aliphatic carbocycles. The lowest BCUT2D eigenvalue weighted by Crippen LogP contribution is -2.14. The number of nitrogens with zero attached hydrogens (tertiary/aromatic N) is 3. The van der Waals surface area contributed by atoms with Gasteiger partial charge in [0.2, 0.25) is 5.91 Å². The number of amides is 1. The Bertz CT molecular complexity index is 736. The van der Waals surface area contributed by atoms with E-state index in [1.165, 1.54) is 19.3 Å². The second-order valence-electron chi connectivity index (χ2n) is 6.79. The molecule has 1 aromatic heterocycles. The van der Waals surface area contributed by atoms with Gasteiger partial charge in [0.25, 0.3) is 0 Å². The number of anilines is 1. The summed E-state index contributed by atoms with van der Waals surface area (Å²) in [6.45, 7) is 3.10. The first-order valence-electron chi connectivity index (χ1n) is 8.56. The Morgan fingerprint density at radius 2 is 2.13 bits per heavy atom. The summed E-state index contributed by atoms with van der Waals surface area (Å²) >= 11 is 0. The lowest BCUT2D eigenvalue weighted by Gasteiger charge is -2.09. The minimum Gasteiger partial charge on any atom is -0.326 e. The van der Waals surface area contributed by atoms with E-state index in [-0.39, 0.29) is 11.8 Å². The first-order chi connectivity index (χ1) is 11.2. The highest BCUT2D eigenvalue weighted by Gasteiger charge is 2.39. The predicted octanol–water partition coefficient (Wildman–Crippen LogP) is 3.27. The van der Waals surface area contributed by atoms with Gasteiger partial charge in [0.15, 0.2) is 5.82 Å². The van der Waals surface area contributed by atoms with Crippen LogP contribution in [0.5, 0.6) is 0 Å². The van der Waals surface area contributed by atoms with E-state index in [1.54, 1.807) is 0 Å². The van der Waals surface area contributed by atoms with Gasteiger partial charge in [-0.25, -0.2) is 0 Å². The molecule has 5 nitrogen and oxygen atoms in total. The number of carbonyl (C=O) groups excluding carboxylic acids is 1. The summed E-state index contributed by atoms with van der Waals surface area (Å²) in [5, 5.41) is 11.8. The number of rotatable bonds is 3. The first-order valence-corrected chi connectivity index (χ1v) is 8.56. The predicted molar refractivity (Wildman–Crippen MR) is 88.9 cm³/mol. The van der Waals surface area contributed by atoms with E-state index >= 15 is 0 Å². The molecular weight excluding hydrogens is 288 g/mol. The zero-order chi connectivity index (χ0) is 15.8. The molecular formula is C18H22N4O. The number of benzene rings is 1. The maximum absolute atomic E-state index is 12.1. The van der Waals surface area contributed by atoms with Crippen LogP contribution in [-0.4, -0.2) is 20.7 Å². The largest absolute Gasteiger partial charge is 0.326 e. The summed E-state index contributed by atoms with van der Waals surface area (Å²) in [6, 6.07) is 7.96. The van der Waals surface area contributed by atoms with Gasteiger partial charge in [0, 0.05) is 30.1 Å². The van der Waals surface area contributed by atoms with Crippen LogP contribution in [0.15, 0.2) is 24.3 Å². The van der Waals surface area contributed by atoms with Crippen molar-refractivity contribution in [2.45, 2.75) is 45.6 Å². The Balaban J connectivity index is 1.59. The fraction of sp³-hybridized carbons (Fsp3) is 0.500. The van der Waals surface area contributed by atoms with E-state index in [4.69, 9.17) is 0 Å².